The molecule has 0 bridgehead atoms. The molecule has 0 radical (unpaired) electrons. The molecule has 0 fully saturated rings. The Bertz CT molecular complexity index is 901. The first-order valence-corrected chi connectivity index (χ1v) is 8.68. The smallest absolute Gasteiger partial charge is 0.234 e. The van der Waals surface area contributed by atoms with Crippen molar-refractivity contribution in [3.05, 3.63) is 35.9 Å². The number of nitrogens with zero attached hydrogens (tertiary/aromatic N) is 6. The lowest BCUT2D eigenvalue weighted by molar-refractivity contribution is -0.113. The van der Waals surface area contributed by atoms with Gasteiger partial charge in [-0.25, -0.2) is 0 Å². The van der Waals surface area contributed by atoms with E-state index in [1.165, 1.54) is 11.8 Å². The second kappa shape index (κ2) is 7.06. The molecule has 0 spiro atoms. The van der Waals surface area contributed by atoms with Crippen LogP contribution in [0.15, 0.2) is 29.7 Å². The summed E-state index contributed by atoms with van der Waals surface area (Å²) < 4.78 is 3.61. The van der Waals surface area contributed by atoms with Crippen molar-refractivity contribution in [2.75, 3.05) is 11.1 Å². The molecule has 3 aromatic heterocycles. The SMILES string of the molecule is Cc1nn(C)c(C)c1NC(=O)CSc1nnc(-c2cccnc2)n1C. The predicted octanol–water partition coefficient (Wildman–Crippen LogP) is 1.96. The van der Waals surface area contributed by atoms with Crippen molar-refractivity contribution in [2.45, 2.75) is 19.0 Å². The summed E-state index contributed by atoms with van der Waals surface area (Å²) in [7, 11) is 3.73. The Labute approximate surface area is 149 Å². The van der Waals surface area contributed by atoms with Crippen molar-refractivity contribution in [2.24, 2.45) is 14.1 Å². The number of thioether (sulfide) groups is 1. The van der Waals surface area contributed by atoms with Gasteiger partial charge in [0.25, 0.3) is 0 Å². The fourth-order valence-corrected chi connectivity index (χ4v) is 3.16. The van der Waals surface area contributed by atoms with Gasteiger partial charge in [0.1, 0.15) is 0 Å². The Hall–Kier alpha value is -2.68. The van der Waals surface area contributed by atoms with Gasteiger partial charge in [0.2, 0.25) is 5.91 Å². The van der Waals surface area contributed by atoms with Gasteiger partial charge in [0.05, 0.1) is 22.8 Å². The van der Waals surface area contributed by atoms with E-state index in [9.17, 15) is 4.79 Å². The maximum atomic E-state index is 12.3. The van der Waals surface area contributed by atoms with Crippen LogP contribution >= 0.6 is 11.8 Å². The van der Waals surface area contributed by atoms with E-state index in [-0.39, 0.29) is 11.7 Å². The number of pyridine rings is 1. The molecule has 3 heterocycles. The van der Waals surface area contributed by atoms with Gasteiger partial charge in [-0.15, -0.1) is 10.2 Å². The third-order valence-electron chi connectivity index (χ3n) is 3.86. The third-order valence-corrected chi connectivity index (χ3v) is 4.88. The molecular formula is C16H19N7OS. The summed E-state index contributed by atoms with van der Waals surface area (Å²) in [5.41, 5.74) is 3.38. The topological polar surface area (TPSA) is 90.5 Å². The van der Waals surface area contributed by atoms with E-state index >= 15 is 0 Å². The molecule has 0 aliphatic heterocycles. The van der Waals surface area contributed by atoms with Crippen molar-refractivity contribution < 1.29 is 4.79 Å². The highest BCUT2D eigenvalue weighted by Crippen LogP contribution is 2.23. The largest absolute Gasteiger partial charge is 0.322 e. The van der Waals surface area contributed by atoms with E-state index in [0.717, 1.165) is 28.5 Å². The highest BCUT2D eigenvalue weighted by molar-refractivity contribution is 7.99. The molecule has 25 heavy (non-hydrogen) atoms. The van der Waals surface area contributed by atoms with Crippen LogP contribution in [-0.2, 0) is 18.9 Å². The number of aryl methyl sites for hydroxylation is 2. The molecule has 9 heteroatoms. The Morgan fingerprint density at radius 2 is 2.08 bits per heavy atom. The molecule has 0 aliphatic carbocycles. The first kappa shape index (κ1) is 17.2. The molecule has 0 unspecified atom stereocenters. The predicted molar refractivity (Wildman–Crippen MR) is 96.3 cm³/mol. The summed E-state index contributed by atoms with van der Waals surface area (Å²) in [5, 5.41) is 16.2. The highest BCUT2D eigenvalue weighted by atomic mass is 32.2. The second-order valence-electron chi connectivity index (χ2n) is 5.61. The van der Waals surface area contributed by atoms with Crippen LogP contribution in [0.2, 0.25) is 0 Å². The Morgan fingerprint density at radius 3 is 2.72 bits per heavy atom. The van der Waals surface area contributed by atoms with E-state index in [2.05, 4.69) is 25.6 Å². The zero-order chi connectivity index (χ0) is 18.0. The number of carbonyl (C=O) groups excluding carboxylic acids is 1. The first-order chi connectivity index (χ1) is 12.0. The van der Waals surface area contributed by atoms with Crippen LogP contribution in [0, 0.1) is 13.8 Å². The maximum absolute atomic E-state index is 12.3. The van der Waals surface area contributed by atoms with Gasteiger partial charge in [-0.05, 0) is 26.0 Å². The van der Waals surface area contributed by atoms with Gasteiger partial charge >= 0.3 is 0 Å². The lowest BCUT2D eigenvalue weighted by Gasteiger charge is -2.06. The molecule has 1 N–H and O–H groups in total. The first-order valence-electron chi connectivity index (χ1n) is 7.70. The van der Waals surface area contributed by atoms with Crippen LogP contribution in [0.5, 0.6) is 0 Å². The maximum Gasteiger partial charge on any atom is 0.234 e. The van der Waals surface area contributed by atoms with Gasteiger partial charge in [0.15, 0.2) is 11.0 Å². The van der Waals surface area contributed by atoms with E-state index in [0.29, 0.717) is 5.16 Å². The number of amides is 1. The minimum atomic E-state index is -0.102. The van der Waals surface area contributed by atoms with Crippen LogP contribution < -0.4 is 5.32 Å². The zero-order valence-corrected chi connectivity index (χ0v) is 15.3. The quantitative estimate of drug-likeness (QED) is 0.702. The summed E-state index contributed by atoms with van der Waals surface area (Å²) in [6, 6.07) is 3.77. The molecule has 0 aromatic carbocycles. The molecule has 0 aliphatic rings. The van der Waals surface area contributed by atoms with Gasteiger partial charge < -0.3 is 9.88 Å². The highest BCUT2D eigenvalue weighted by Gasteiger charge is 2.15. The number of hydrogen-bond donors (Lipinski definition) is 1. The summed E-state index contributed by atoms with van der Waals surface area (Å²) in [4.78, 5) is 16.3. The fraction of sp³-hybridized carbons (Fsp3) is 0.312. The zero-order valence-electron chi connectivity index (χ0n) is 14.5. The molecule has 0 saturated carbocycles. The van der Waals surface area contributed by atoms with Crippen LogP contribution in [0.25, 0.3) is 11.4 Å². The standard InChI is InChI=1S/C16H19N7OS/c1-10-14(11(2)23(4)21-10)18-13(24)9-25-16-20-19-15(22(16)3)12-6-5-7-17-8-12/h5-8H,9H2,1-4H3,(H,18,24). The Morgan fingerprint density at radius 1 is 1.28 bits per heavy atom. The summed E-state index contributed by atoms with van der Waals surface area (Å²) in [6.07, 6.45) is 3.45. The van der Waals surface area contributed by atoms with Gasteiger partial charge in [-0.2, -0.15) is 5.10 Å². The van der Waals surface area contributed by atoms with Crippen LogP contribution in [-0.4, -0.2) is 41.2 Å². The molecule has 0 saturated heterocycles. The normalized spacial score (nSPS) is 10.9. The summed E-state index contributed by atoms with van der Waals surface area (Å²) >= 11 is 1.34. The second-order valence-corrected chi connectivity index (χ2v) is 6.56. The van der Waals surface area contributed by atoms with Gasteiger partial charge in [0, 0.05) is 32.1 Å². The average Bonchev–Trinajstić information content (AvgIpc) is 3.08. The van der Waals surface area contributed by atoms with Gasteiger partial charge in [-0.1, -0.05) is 11.8 Å². The Balaban J connectivity index is 1.66. The van der Waals surface area contributed by atoms with Crippen LogP contribution in [0.4, 0.5) is 5.69 Å². The molecule has 0 atom stereocenters. The van der Waals surface area contributed by atoms with E-state index < -0.39 is 0 Å². The number of carbonyl (C=O) groups is 1. The number of aromatic nitrogens is 6. The number of hydrogen-bond acceptors (Lipinski definition) is 6. The number of anilines is 1. The monoisotopic (exact) mass is 357 g/mol. The van der Waals surface area contributed by atoms with Crippen molar-refractivity contribution in [3.8, 4) is 11.4 Å². The average molecular weight is 357 g/mol. The number of rotatable bonds is 5. The number of nitrogens with one attached hydrogen (secondary N) is 1. The summed E-state index contributed by atoms with van der Waals surface area (Å²) in [6.45, 7) is 3.80. The minimum Gasteiger partial charge on any atom is -0.322 e. The van der Waals surface area contributed by atoms with E-state index in [1.54, 1.807) is 17.1 Å². The fourth-order valence-electron chi connectivity index (χ4n) is 2.45. The molecule has 1 amide bonds. The molecular weight excluding hydrogens is 338 g/mol. The lowest BCUT2D eigenvalue weighted by Crippen LogP contribution is -2.15. The summed E-state index contributed by atoms with van der Waals surface area (Å²) in [5.74, 6) is 0.859. The molecule has 130 valence electrons. The molecule has 3 rings (SSSR count). The van der Waals surface area contributed by atoms with Crippen molar-refractivity contribution in [1.29, 1.82) is 0 Å². The minimum absolute atomic E-state index is 0.102. The van der Waals surface area contributed by atoms with Crippen LogP contribution in [0.3, 0.4) is 0 Å². The van der Waals surface area contributed by atoms with Crippen molar-refractivity contribution >= 4 is 23.4 Å². The van der Waals surface area contributed by atoms with Crippen molar-refractivity contribution in [3.63, 3.8) is 0 Å². The van der Waals surface area contributed by atoms with Crippen LogP contribution in [0.1, 0.15) is 11.4 Å². The third kappa shape index (κ3) is 3.55. The molecule has 8 nitrogen and oxygen atoms in total. The molecule has 3 aromatic rings. The van der Waals surface area contributed by atoms with Gasteiger partial charge in [-0.3, -0.25) is 14.5 Å². The lowest BCUT2D eigenvalue weighted by atomic mass is 10.3. The van der Waals surface area contributed by atoms with E-state index in [1.807, 2.05) is 44.6 Å². The van der Waals surface area contributed by atoms with E-state index in [4.69, 9.17) is 0 Å². The van der Waals surface area contributed by atoms with Crippen molar-refractivity contribution in [1.82, 2.24) is 29.5 Å². The Kier molecular flexibility index (Phi) is 4.84.